The molecule has 1 unspecified atom stereocenters. The molecule has 0 bridgehead atoms. The molecule has 0 saturated heterocycles. The fourth-order valence-electron chi connectivity index (χ4n) is 3.43. The number of halogens is 1. The van der Waals surface area contributed by atoms with Gasteiger partial charge in [0.25, 0.3) is 5.91 Å². The van der Waals surface area contributed by atoms with Gasteiger partial charge in [0.05, 0.1) is 25.7 Å². The van der Waals surface area contributed by atoms with Gasteiger partial charge in [0.15, 0.2) is 6.61 Å². The lowest BCUT2D eigenvalue weighted by atomic mass is 10.1. The lowest BCUT2D eigenvalue weighted by molar-refractivity contribution is -0.162. The van der Waals surface area contributed by atoms with Crippen LogP contribution in [0.4, 0.5) is 0 Å². The summed E-state index contributed by atoms with van der Waals surface area (Å²) in [6, 6.07) is 11.7. The van der Waals surface area contributed by atoms with Crippen LogP contribution in [0.5, 0.6) is 5.75 Å². The third-order valence-corrected chi connectivity index (χ3v) is 5.35. The van der Waals surface area contributed by atoms with Crippen molar-refractivity contribution >= 4 is 40.3 Å². The number of rotatable bonds is 8. The van der Waals surface area contributed by atoms with E-state index in [1.807, 2.05) is 0 Å². The molecule has 9 heteroatoms. The molecule has 0 radical (unpaired) electrons. The maximum atomic E-state index is 13.3. The third kappa shape index (κ3) is 5.53. The summed E-state index contributed by atoms with van der Waals surface area (Å²) in [5.74, 6) is -1.13. The fourth-order valence-corrected chi connectivity index (χ4v) is 3.55. The van der Waals surface area contributed by atoms with Crippen molar-refractivity contribution in [2.24, 2.45) is 0 Å². The summed E-state index contributed by atoms with van der Waals surface area (Å²) < 4.78 is 16.8. The van der Waals surface area contributed by atoms with Crippen LogP contribution in [0.2, 0.25) is 5.02 Å². The number of aliphatic hydroxyl groups is 1. The van der Waals surface area contributed by atoms with E-state index in [9.17, 15) is 14.4 Å². The van der Waals surface area contributed by atoms with Crippen LogP contribution in [0.15, 0.2) is 42.5 Å². The number of aliphatic hydroxyl groups excluding tert-OH is 1. The quantitative estimate of drug-likeness (QED) is 0.500. The van der Waals surface area contributed by atoms with Crippen molar-refractivity contribution in [3.8, 4) is 5.75 Å². The molecule has 174 valence electrons. The Kier molecular flexibility index (Phi) is 7.73. The summed E-state index contributed by atoms with van der Waals surface area (Å²) in [7, 11) is 1.52. The third-order valence-electron chi connectivity index (χ3n) is 5.10. The van der Waals surface area contributed by atoms with E-state index in [2.05, 4.69) is 0 Å². The number of carbonyl (C=O) groups is 3. The number of methoxy groups -OCH3 is 1. The van der Waals surface area contributed by atoms with Crippen LogP contribution in [0, 0.1) is 6.92 Å². The second-order valence-corrected chi connectivity index (χ2v) is 7.85. The van der Waals surface area contributed by atoms with Crippen LogP contribution in [-0.2, 0) is 25.5 Å². The lowest BCUT2D eigenvalue weighted by Crippen LogP contribution is -2.23. The van der Waals surface area contributed by atoms with Gasteiger partial charge in [-0.2, -0.15) is 0 Å². The number of aromatic nitrogens is 1. The monoisotopic (exact) mass is 473 g/mol. The number of hydrogen-bond donors (Lipinski definition) is 1. The molecular formula is C24H24ClNO7. The van der Waals surface area contributed by atoms with Gasteiger partial charge in [-0.3, -0.25) is 14.2 Å². The topological polar surface area (TPSA) is 104 Å². The standard InChI is InChI=1S/C24H24ClNO7/c1-14(12-27)33-23(29)13-32-22(28)11-19-15(2)26(21-9-8-18(31-3)10-20(19)21)24(30)16-4-6-17(25)7-5-16/h4-10,14,27H,11-13H2,1-3H3. The van der Waals surface area contributed by atoms with E-state index >= 15 is 0 Å². The lowest BCUT2D eigenvalue weighted by Gasteiger charge is -2.10. The van der Waals surface area contributed by atoms with Gasteiger partial charge in [-0.05, 0) is 61.9 Å². The summed E-state index contributed by atoms with van der Waals surface area (Å²) in [4.78, 5) is 37.5. The first-order valence-electron chi connectivity index (χ1n) is 10.2. The van der Waals surface area contributed by atoms with Crippen molar-refractivity contribution < 1.29 is 33.7 Å². The van der Waals surface area contributed by atoms with Gasteiger partial charge in [0, 0.05) is 21.7 Å². The highest BCUT2D eigenvalue weighted by molar-refractivity contribution is 6.30. The first-order valence-corrected chi connectivity index (χ1v) is 10.6. The Hall–Kier alpha value is -3.36. The van der Waals surface area contributed by atoms with Gasteiger partial charge in [-0.25, -0.2) is 4.79 Å². The van der Waals surface area contributed by atoms with Crippen molar-refractivity contribution in [1.82, 2.24) is 4.57 Å². The molecule has 1 aromatic heterocycles. The van der Waals surface area contributed by atoms with E-state index in [1.165, 1.54) is 18.6 Å². The molecule has 0 spiro atoms. The van der Waals surface area contributed by atoms with E-state index in [1.54, 1.807) is 49.4 Å². The Morgan fingerprint density at radius 1 is 1.09 bits per heavy atom. The minimum atomic E-state index is -0.761. The van der Waals surface area contributed by atoms with Crippen molar-refractivity contribution in [3.63, 3.8) is 0 Å². The number of carbonyl (C=O) groups excluding carboxylic acids is 3. The predicted molar refractivity (Wildman–Crippen MR) is 122 cm³/mol. The SMILES string of the molecule is COc1ccc2c(c1)c(CC(=O)OCC(=O)OC(C)CO)c(C)n2C(=O)c1ccc(Cl)cc1. The van der Waals surface area contributed by atoms with E-state index in [-0.39, 0.29) is 18.9 Å². The molecule has 33 heavy (non-hydrogen) atoms. The normalized spacial score (nSPS) is 11.8. The molecule has 1 heterocycles. The zero-order valence-electron chi connectivity index (χ0n) is 18.5. The van der Waals surface area contributed by atoms with Gasteiger partial charge in [-0.15, -0.1) is 0 Å². The van der Waals surface area contributed by atoms with Gasteiger partial charge in [0.1, 0.15) is 11.9 Å². The highest BCUT2D eigenvalue weighted by Gasteiger charge is 2.23. The molecule has 0 aliphatic heterocycles. The van der Waals surface area contributed by atoms with E-state index in [0.717, 1.165) is 0 Å². The average Bonchev–Trinajstić information content (AvgIpc) is 3.08. The number of benzene rings is 2. The summed E-state index contributed by atoms with van der Waals surface area (Å²) in [5.41, 5.74) is 2.18. The maximum Gasteiger partial charge on any atom is 0.344 e. The smallest absolute Gasteiger partial charge is 0.344 e. The average molecular weight is 474 g/mol. The van der Waals surface area contributed by atoms with Gasteiger partial charge < -0.3 is 19.3 Å². The Labute approximate surface area is 195 Å². The first-order chi connectivity index (χ1) is 15.7. The van der Waals surface area contributed by atoms with Crippen molar-refractivity contribution in [2.45, 2.75) is 26.4 Å². The second-order valence-electron chi connectivity index (χ2n) is 7.42. The van der Waals surface area contributed by atoms with Crippen LogP contribution in [-0.4, -0.2) is 53.9 Å². The van der Waals surface area contributed by atoms with Crippen LogP contribution in [0.3, 0.4) is 0 Å². The Morgan fingerprint density at radius 2 is 1.79 bits per heavy atom. The molecule has 1 atom stereocenters. The first kappa shape index (κ1) is 24.3. The molecule has 0 saturated carbocycles. The minimum absolute atomic E-state index is 0.167. The molecule has 1 N–H and O–H groups in total. The van der Waals surface area contributed by atoms with Crippen molar-refractivity contribution in [2.75, 3.05) is 20.3 Å². The number of nitrogens with zero attached hydrogens (tertiary/aromatic N) is 1. The van der Waals surface area contributed by atoms with Gasteiger partial charge in [-0.1, -0.05) is 11.6 Å². The van der Waals surface area contributed by atoms with Crippen LogP contribution in [0.25, 0.3) is 10.9 Å². The van der Waals surface area contributed by atoms with Crippen LogP contribution >= 0.6 is 11.6 Å². The molecule has 2 aromatic carbocycles. The Balaban J connectivity index is 1.92. The molecular weight excluding hydrogens is 450 g/mol. The molecule has 8 nitrogen and oxygen atoms in total. The maximum absolute atomic E-state index is 13.3. The summed E-state index contributed by atoms with van der Waals surface area (Å²) in [5, 5.41) is 10.1. The number of hydrogen-bond acceptors (Lipinski definition) is 7. The fraction of sp³-hybridized carbons (Fsp3) is 0.292. The number of esters is 2. The zero-order chi connectivity index (χ0) is 24.1. The highest BCUT2D eigenvalue weighted by Crippen LogP contribution is 2.31. The summed E-state index contributed by atoms with van der Waals surface area (Å²) in [6.45, 7) is 2.35. The van der Waals surface area contributed by atoms with Gasteiger partial charge >= 0.3 is 11.9 Å². The second kappa shape index (κ2) is 10.5. The minimum Gasteiger partial charge on any atom is -0.497 e. The molecule has 3 rings (SSSR count). The molecule has 3 aromatic rings. The molecule has 0 amide bonds. The van der Waals surface area contributed by atoms with Crippen molar-refractivity contribution in [3.05, 3.63) is 64.3 Å². The predicted octanol–water partition coefficient (Wildman–Crippen LogP) is 3.31. The van der Waals surface area contributed by atoms with Crippen molar-refractivity contribution in [1.29, 1.82) is 0 Å². The van der Waals surface area contributed by atoms with E-state index in [4.69, 9.17) is 30.9 Å². The zero-order valence-corrected chi connectivity index (χ0v) is 19.2. The summed E-state index contributed by atoms with van der Waals surface area (Å²) in [6.07, 6.45) is -0.859. The van der Waals surface area contributed by atoms with Crippen LogP contribution < -0.4 is 4.74 Å². The Bertz CT molecular complexity index is 1180. The number of fused-ring (bicyclic) bond motifs is 1. The largest absolute Gasteiger partial charge is 0.497 e. The molecule has 0 aliphatic carbocycles. The van der Waals surface area contributed by atoms with E-state index < -0.39 is 24.6 Å². The van der Waals surface area contributed by atoms with Crippen LogP contribution in [0.1, 0.15) is 28.5 Å². The van der Waals surface area contributed by atoms with E-state index in [0.29, 0.717) is 38.5 Å². The summed E-state index contributed by atoms with van der Waals surface area (Å²) >= 11 is 5.94. The Morgan fingerprint density at radius 3 is 2.42 bits per heavy atom. The van der Waals surface area contributed by atoms with Gasteiger partial charge in [0.2, 0.25) is 0 Å². The molecule has 0 fully saturated rings. The molecule has 0 aliphatic rings. The highest BCUT2D eigenvalue weighted by atomic mass is 35.5. The number of ether oxygens (including phenoxy) is 3.